The van der Waals surface area contributed by atoms with Crippen LogP contribution in [0.1, 0.15) is 50.1 Å². The molecule has 0 saturated carbocycles. The zero-order chi connectivity index (χ0) is 31.1. The van der Waals surface area contributed by atoms with Gasteiger partial charge in [0, 0.05) is 33.8 Å². The van der Waals surface area contributed by atoms with Gasteiger partial charge in [-0.3, -0.25) is 19.0 Å². The molecule has 0 bridgehead atoms. The maximum atomic E-state index is 13.6. The van der Waals surface area contributed by atoms with Crippen molar-refractivity contribution in [2.24, 2.45) is 0 Å². The lowest BCUT2D eigenvalue weighted by atomic mass is 9.95. The molecule has 2 heterocycles. The smallest absolute Gasteiger partial charge is 0.315 e. The number of phenols is 2. The molecule has 222 valence electrons. The Morgan fingerprint density at radius 2 is 1.70 bits per heavy atom. The molecule has 4 aromatic carbocycles. The number of aromatic nitrogens is 1. The Bertz CT molecular complexity index is 1940. The molecule has 1 unspecified atom stereocenters. The highest BCUT2D eigenvalue weighted by atomic mass is 35.5. The zero-order valence-electron chi connectivity index (χ0n) is 23.7. The Labute approximate surface area is 256 Å². The van der Waals surface area contributed by atoms with Gasteiger partial charge in [-0.25, -0.2) is 0 Å². The van der Waals surface area contributed by atoms with E-state index in [0.717, 1.165) is 0 Å². The van der Waals surface area contributed by atoms with Crippen molar-refractivity contribution >= 4 is 40.2 Å². The van der Waals surface area contributed by atoms with Crippen molar-refractivity contribution < 1.29 is 38.8 Å². The molecule has 44 heavy (non-hydrogen) atoms. The molecule has 9 nitrogen and oxygen atoms in total. The van der Waals surface area contributed by atoms with Crippen molar-refractivity contribution in [1.29, 1.82) is 0 Å². The van der Waals surface area contributed by atoms with Gasteiger partial charge in [0.2, 0.25) is 0 Å². The van der Waals surface area contributed by atoms with Crippen LogP contribution in [0.4, 0.5) is 0 Å². The summed E-state index contributed by atoms with van der Waals surface area (Å²) < 4.78 is 18.6. The summed E-state index contributed by atoms with van der Waals surface area (Å²) in [6, 6.07) is 20.6. The molecule has 10 heteroatoms. The number of hydrogen-bond donors (Lipinski definition) is 2. The van der Waals surface area contributed by atoms with E-state index in [1.165, 1.54) is 35.9 Å². The third-order valence-electron chi connectivity index (χ3n) is 7.63. The van der Waals surface area contributed by atoms with Crippen molar-refractivity contribution in [1.82, 2.24) is 4.57 Å². The molecular formula is C34H26ClNO8. The summed E-state index contributed by atoms with van der Waals surface area (Å²) in [6.07, 6.45) is -0.862. The van der Waals surface area contributed by atoms with Crippen molar-refractivity contribution in [3.05, 3.63) is 112 Å². The highest BCUT2D eigenvalue weighted by Crippen LogP contribution is 2.42. The summed E-state index contributed by atoms with van der Waals surface area (Å²) in [5.41, 5.74) is 2.79. The molecule has 6 rings (SSSR count). The van der Waals surface area contributed by atoms with Gasteiger partial charge in [0.05, 0.1) is 25.5 Å². The molecule has 0 amide bonds. The Kier molecular flexibility index (Phi) is 7.48. The van der Waals surface area contributed by atoms with Gasteiger partial charge in [0.15, 0.2) is 5.78 Å². The Hall–Kier alpha value is -5.28. The Morgan fingerprint density at radius 1 is 0.977 bits per heavy atom. The molecular weight excluding hydrogens is 586 g/mol. The van der Waals surface area contributed by atoms with Crippen molar-refractivity contribution in [2.45, 2.75) is 25.9 Å². The molecule has 2 N–H and O–H groups in total. The van der Waals surface area contributed by atoms with Gasteiger partial charge in [-0.05, 0) is 72.6 Å². The molecule has 1 aliphatic rings. The van der Waals surface area contributed by atoms with Crippen LogP contribution >= 0.6 is 11.6 Å². The minimum atomic E-state index is -0.662. The van der Waals surface area contributed by atoms with Gasteiger partial charge in [-0.1, -0.05) is 23.7 Å². The van der Waals surface area contributed by atoms with E-state index in [4.69, 9.17) is 25.8 Å². The summed E-state index contributed by atoms with van der Waals surface area (Å²) in [6.45, 7) is 1.75. The molecule has 0 spiro atoms. The predicted octanol–water partition coefficient (Wildman–Crippen LogP) is 6.57. The molecule has 5 aromatic rings. The molecule has 1 atom stereocenters. The Balaban J connectivity index is 1.30. The number of nitrogens with zero attached hydrogens (tertiary/aromatic N) is 1. The van der Waals surface area contributed by atoms with Gasteiger partial charge >= 0.3 is 5.97 Å². The lowest BCUT2D eigenvalue weighted by Gasteiger charge is -2.26. The fraction of sp³-hybridized carbons (Fsp3) is 0.147. The first-order chi connectivity index (χ1) is 21.1. The van der Waals surface area contributed by atoms with E-state index in [9.17, 15) is 24.6 Å². The number of esters is 1. The van der Waals surface area contributed by atoms with E-state index in [-0.39, 0.29) is 53.1 Å². The first-order valence-corrected chi connectivity index (χ1v) is 14.1. The quantitative estimate of drug-likeness (QED) is 0.163. The second kappa shape index (κ2) is 11.4. The average Bonchev–Trinajstić information content (AvgIpc) is 3.26. The number of carbonyl (C=O) groups is 3. The minimum absolute atomic E-state index is 0.00606. The number of benzene rings is 4. The van der Waals surface area contributed by atoms with Crippen LogP contribution in [-0.4, -0.2) is 39.5 Å². The van der Waals surface area contributed by atoms with Crippen LogP contribution in [0.3, 0.4) is 0 Å². The number of phenolic OH excluding ortho intramolecular Hbond substituents is 2. The zero-order valence-corrected chi connectivity index (χ0v) is 24.4. The monoisotopic (exact) mass is 611 g/mol. The second-order valence-corrected chi connectivity index (χ2v) is 10.8. The molecule has 0 aliphatic carbocycles. The van der Waals surface area contributed by atoms with Gasteiger partial charge in [0.1, 0.15) is 40.4 Å². The van der Waals surface area contributed by atoms with Crippen LogP contribution in [-0.2, 0) is 11.2 Å². The SMILES string of the molecule is COc1ccc2c(c1)c(CC(=O)Oc1cc(O)c3c(c1)OC(c1ccc(O)cc1)CC3=O)c(C)n2C(=O)c1ccc(Cl)cc1. The molecule has 1 aromatic heterocycles. The summed E-state index contributed by atoms with van der Waals surface area (Å²) in [7, 11) is 1.53. The Morgan fingerprint density at radius 3 is 2.41 bits per heavy atom. The second-order valence-electron chi connectivity index (χ2n) is 10.4. The fourth-order valence-electron chi connectivity index (χ4n) is 5.46. The van der Waals surface area contributed by atoms with Crippen molar-refractivity contribution in [3.63, 3.8) is 0 Å². The van der Waals surface area contributed by atoms with E-state index in [1.54, 1.807) is 61.5 Å². The lowest BCUT2D eigenvalue weighted by Crippen LogP contribution is -2.21. The summed E-state index contributed by atoms with van der Waals surface area (Å²) in [5.74, 6) is -0.964. The number of ether oxygens (including phenoxy) is 3. The predicted molar refractivity (Wildman–Crippen MR) is 162 cm³/mol. The largest absolute Gasteiger partial charge is 0.508 e. The number of carbonyl (C=O) groups excluding carboxylic acids is 3. The number of methoxy groups -OCH3 is 1. The number of rotatable bonds is 6. The number of ketones is 1. The van der Waals surface area contributed by atoms with Gasteiger partial charge in [0.25, 0.3) is 5.91 Å². The van der Waals surface area contributed by atoms with Gasteiger partial charge in [-0.15, -0.1) is 0 Å². The van der Waals surface area contributed by atoms with E-state index in [2.05, 4.69) is 0 Å². The van der Waals surface area contributed by atoms with Crippen LogP contribution in [0, 0.1) is 6.92 Å². The third-order valence-corrected chi connectivity index (χ3v) is 7.88. The van der Waals surface area contributed by atoms with E-state index >= 15 is 0 Å². The van der Waals surface area contributed by atoms with Gasteiger partial charge < -0.3 is 24.4 Å². The standard InChI is InChI=1S/C34H26ClNO8/c1-18-25(26-13-23(42-2)11-12-27(26)36(18)34(41)20-3-7-21(35)8-4-20)16-32(40)43-24-14-28(38)33-29(39)17-30(44-31(33)15-24)19-5-9-22(37)10-6-19/h3-15,30,37-38H,16-17H2,1-2H3. The normalized spacial score (nSPS) is 14.2. The first kappa shape index (κ1) is 28.8. The maximum Gasteiger partial charge on any atom is 0.315 e. The van der Waals surface area contributed by atoms with E-state index < -0.39 is 12.1 Å². The van der Waals surface area contributed by atoms with Crippen molar-refractivity contribution in [3.8, 4) is 28.7 Å². The van der Waals surface area contributed by atoms with Crippen LogP contribution in [0.2, 0.25) is 5.02 Å². The third kappa shape index (κ3) is 5.33. The van der Waals surface area contributed by atoms with Crippen LogP contribution in [0.15, 0.2) is 78.9 Å². The number of aromatic hydroxyl groups is 2. The first-order valence-electron chi connectivity index (χ1n) is 13.7. The maximum absolute atomic E-state index is 13.6. The number of halogens is 1. The molecule has 0 radical (unpaired) electrons. The van der Waals surface area contributed by atoms with Gasteiger partial charge in [-0.2, -0.15) is 0 Å². The summed E-state index contributed by atoms with van der Waals surface area (Å²) in [4.78, 5) is 39.8. The molecule has 1 aliphatic heterocycles. The van der Waals surface area contributed by atoms with Crippen LogP contribution in [0.25, 0.3) is 10.9 Å². The highest BCUT2D eigenvalue weighted by molar-refractivity contribution is 6.30. The average molecular weight is 612 g/mol. The number of fused-ring (bicyclic) bond motifs is 2. The molecule has 0 saturated heterocycles. The van der Waals surface area contributed by atoms with E-state index in [1.807, 2.05) is 0 Å². The van der Waals surface area contributed by atoms with Crippen LogP contribution in [0.5, 0.6) is 28.7 Å². The summed E-state index contributed by atoms with van der Waals surface area (Å²) >= 11 is 6.01. The lowest BCUT2D eigenvalue weighted by molar-refractivity contribution is -0.133. The number of hydrogen-bond acceptors (Lipinski definition) is 8. The minimum Gasteiger partial charge on any atom is -0.508 e. The summed E-state index contributed by atoms with van der Waals surface area (Å²) in [5, 5.41) is 21.4. The van der Waals surface area contributed by atoms with Crippen molar-refractivity contribution in [2.75, 3.05) is 7.11 Å². The highest BCUT2D eigenvalue weighted by Gasteiger charge is 2.31. The molecule has 0 fully saturated rings. The van der Waals surface area contributed by atoms with Crippen LogP contribution < -0.4 is 14.2 Å². The topological polar surface area (TPSA) is 124 Å². The fourth-order valence-corrected chi connectivity index (χ4v) is 5.58. The number of Topliss-reactive ketones (excluding diaryl/α,β-unsaturated/α-hetero) is 1. The van der Waals surface area contributed by atoms with E-state index in [0.29, 0.717) is 44.1 Å².